The molecule has 0 saturated heterocycles. The molecule has 0 saturated carbocycles. The van der Waals surface area contributed by atoms with Gasteiger partial charge >= 0.3 is 6.18 Å². The minimum absolute atomic E-state index is 0.240. The molecule has 0 unspecified atom stereocenters. The van der Waals surface area contributed by atoms with Crippen molar-refractivity contribution in [3.05, 3.63) is 41.2 Å². The minimum Gasteiger partial charge on any atom is -0.358 e. The van der Waals surface area contributed by atoms with E-state index in [4.69, 9.17) is 0 Å². The van der Waals surface area contributed by atoms with E-state index in [9.17, 15) is 13.2 Å². The Morgan fingerprint density at radius 1 is 1.30 bits per heavy atom. The highest BCUT2D eigenvalue weighted by Gasteiger charge is 2.30. The van der Waals surface area contributed by atoms with Crippen LogP contribution in [-0.2, 0) is 12.6 Å². The molecule has 1 heterocycles. The SMILES string of the molecule is CC(C)Nc1nc(Cc2cccc(C(F)(F)F)c2)ns1. The molecule has 0 atom stereocenters. The molecular formula is C13H14F3N3S. The van der Waals surface area contributed by atoms with Crippen LogP contribution in [0, 0.1) is 0 Å². The van der Waals surface area contributed by atoms with Crippen molar-refractivity contribution in [1.29, 1.82) is 0 Å². The van der Waals surface area contributed by atoms with E-state index in [0.717, 1.165) is 12.1 Å². The Kier molecular flexibility index (Phi) is 4.27. The number of benzene rings is 1. The maximum Gasteiger partial charge on any atom is 0.416 e. The van der Waals surface area contributed by atoms with Crippen LogP contribution in [0.3, 0.4) is 0 Å². The predicted molar refractivity (Wildman–Crippen MR) is 72.9 cm³/mol. The molecule has 20 heavy (non-hydrogen) atoms. The fourth-order valence-electron chi connectivity index (χ4n) is 1.67. The Bertz CT molecular complexity index is 578. The third-order valence-electron chi connectivity index (χ3n) is 2.50. The summed E-state index contributed by atoms with van der Waals surface area (Å²) >= 11 is 1.21. The van der Waals surface area contributed by atoms with Gasteiger partial charge < -0.3 is 5.32 Å². The van der Waals surface area contributed by atoms with Crippen LogP contribution in [-0.4, -0.2) is 15.4 Å². The summed E-state index contributed by atoms with van der Waals surface area (Å²) in [6, 6.07) is 5.48. The van der Waals surface area contributed by atoms with Crippen molar-refractivity contribution in [1.82, 2.24) is 9.36 Å². The van der Waals surface area contributed by atoms with Crippen LogP contribution in [0.5, 0.6) is 0 Å². The standard InChI is InChI=1S/C13H14F3N3S/c1-8(2)17-12-18-11(19-20-12)7-9-4-3-5-10(6-9)13(14,15)16/h3-6,8H,7H2,1-2H3,(H,17,18,19). The van der Waals surface area contributed by atoms with Crippen molar-refractivity contribution >= 4 is 16.7 Å². The molecule has 2 aromatic rings. The van der Waals surface area contributed by atoms with Crippen molar-refractivity contribution in [3.8, 4) is 0 Å². The number of hydrogen-bond donors (Lipinski definition) is 1. The van der Waals surface area contributed by atoms with Gasteiger partial charge in [-0.2, -0.15) is 17.5 Å². The zero-order chi connectivity index (χ0) is 14.8. The lowest BCUT2D eigenvalue weighted by atomic mass is 10.1. The monoisotopic (exact) mass is 301 g/mol. The van der Waals surface area contributed by atoms with Crippen LogP contribution >= 0.6 is 11.5 Å². The quantitative estimate of drug-likeness (QED) is 0.928. The maximum absolute atomic E-state index is 12.6. The molecule has 2 rings (SSSR count). The fraction of sp³-hybridized carbons (Fsp3) is 0.385. The van der Waals surface area contributed by atoms with Gasteiger partial charge in [0.15, 0.2) is 0 Å². The van der Waals surface area contributed by atoms with E-state index in [0.29, 0.717) is 22.9 Å². The number of anilines is 1. The number of hydrogen-bond acceptors (Lipinski definition) is 4. The van der Waals surface area contributed by atoms with E-state index in [-0.39, 0.29) is 6.04 Å². The molecule has 0 aliphatic rings. The fourth-order valence-corrected chi connectivity index (χ4v) is 2.40. The predicted octanol–water partition coefficient (Wildman–Crippen LogP) is 3.97. The van der Waals surface area contributed by atoms with E-state index in [1.165, 1.54) is 17.6 Å². The molecule has 1 aromatic carbocycles. The number of nitrogens with one attached hydrogen (secondary N) is 1. The summed E-state index contributed by atoms with van der Waals surface area (Å²) in [6.45, 7) is 3.96. The van der Waals surface area contributed by atoms with E-state index < -0.39 is 11.7 Å². The van der Waals surface area contributed by atoms with Gasteiger partial charge in [-0.15, -0.1) is 0 Å². The molecule has 0 bridgehead atoms. The second kappa shape index (κ2) is 5.78. The third kappa shape index (κ3) is 3.93. The molecule has 0 amide bonds. The van der Waals surface area contributed by atoms with Gasteiger partial charge in [-0.3, -0.25) is 0 Å². The Morgan fingerprint density at radius 3 is 2.70 bits per heavy atom. The van der Waals surface area contributed by atoms with Crippen molar-refractivity contribution in [2.24, 2.45) is 0 Å². The molecule has 0 radical (unpaired) electrons. The molecule has 0 fully saturated rings. The van der Waals surface area contributed by atoms with Gasteiger partial charge in [-0.05, 0) is 25.5 Å². The van der Waals surface area contributed by atoms with Gasteiger partial charge in [0.25, 0.3) is 0 Å². The second-order valence-corrected chi connectivity index (χ2v) is 5.44. The summed E-state index contributed by atoms with van der Waals surface area (Å²) in [7, 11) is 0. The van der Waals surface area contributed by atoms with Gasteiger partial charge in [0.05, 0.1) is 5.56 Å². The van der Waals surface area contributed by atoms with Crippen molar-refractivity contribution in [2.45, 2.75) is 32.5 Å². The minimum atomic E-state index is -4.32. The highest BCUT2D eigenvalue weighted by Crippen LogP contribution is 2.30. The third-order valence-corrected chi connectivity index (χ3v) is 3.18. The molecule has 3 nitrogen and oxygen atoms in total. The maximum atomic E-state index is 12.6. The van der Waals surface area contributed by atoms with Gasteiger partial charge in [0.1, 0.15) is 5.82 Å². The van der Waals surface area contributed by atoms with Crippen molar-refractivity contribution in [2.75, 3.05) is 5.32 Å². The van der Waals surface area contributed by atoms with Crippen molar-refractivity contribution in [3.63, 3.8) is 0 Å². The first-order valence-electron chi connectivity index (χ1n) is 6.10. The summed E-state index contributed by atoms with van der Waals surface area (Å²) < 4.78 is 42.0. The number of halogens is 3. The van der Waals surface area contributed by atoms with Crippen molar-refractivity contribution < 1.29 is 13.2 Å². The number of rotatable bonds is 4. The summed E-state index contributed by atoms with van der Waals surface area (Å²) in [4.78, 5) is 4.25. The first kappa shape index (κ1) is 14.8. The van der Waals surface area contributed by atoms with Gasteiger partial charge in [0.2, 0.25) is 5.13 Å². The summed E-state index contributed by atoms with van der Waals surface area (Å²) in [5.74, 6) is 0.525. The average Bonchev–Trinajstić information content (AvgIpc) is 2.75. The van der Waals surface area contributed by atoms with Crippen LogP contribution in [0.2, 0.25) is 0 Å². The zero-order valence-corrected chi connectivity index (χ0v) is 11.8. The molecule has 0 spiro atoms. The molecule has 1 aromatic heterocycles. The summed E-state index contributed by atoms with van der Waals surface area (Å²) in [5.41, 5.74) is -0.0977. The Balaban J connectivity index is 2.12. The largest absolute Gasteiger partial charge is 0.416 e. The highest BCUT2D eigenvalue weighted by atomic mass is 32.1. The van der Waals surface area contributed by atoms with E-state index in [2.05, 4.69) is 14.7 Å². The average molecular weight is 301 g/mol. The molecule has 1 N–H and O–H groups in total. The first-order valence-corrected chi connectivity index (χ1v) is 6.87. The molecular weight excluding hydrogens is 287 g/mol. The zero-order valence-electron chi connectivity index (χ0n) is 11.0. The number of nitrogens with zero attached hydrogens (tertiary/aromatic N) is 2. The Hall–Kier alpha value is -1.63. The first-order chi connectivity index (χ1) is 9.34. The number of aromatic nitrogens is 2. The Morgan fingerprint density at radius 2 is 2.05 bits per heavy atom. The van der Waals surface area contributed by atoms with Crippen LogP contribution in [0.1, 0.15) is 30.8 Å². The van der Waals surface area contributed by atoms with Gasteiger partial charge in [-0.1, -0.05) is 18.2 Å². The lowest BCUT2D eigenvalue weighted by Gasteiger charge is -2.07. The summed E-state index contributed by atoms with van der Waals surface area (Å²) in [6.07, 6.45) is -4.03. The molecule has 0 aliphatic carbocycles. The molecule has 108 valence electrons. The van der Waals surface area contributed by atoms with Crippen LogP contribution < -0.4 is 5.32 Å². The number of alkyl halides is 3. The van der Waals surface area contributed by atoms with E-state index in [1.54, 1.807) is 6.07 Å². The highest BCUT2D eigenvalue weighted by molar-refractivity contribution is 7.09. The molecule has 0 aliphatic heterocycles. The normalized spacial score (nSPS) is 11.9. The van der Waals surface area contributed by atoms with Crippen LogP contribution in [0.25, 0.3) is 0 Å². The lowest BCUT2D eigenvalue weighted by molar-refractivity contribution is -0.137. The van der Waals surface area contributed by atoms with Gasteiger partial charge in [0, 0.05) is 24.0 Å². The summed E-state index contributed by atoms with van der Waals surface area (Å²) in [5, 5.41) is 3.79. The smallest absolute Gasteiger partial charge is 0.358 e. The van der Waals surface area contributed by atoms with E-state index in [1.807, 2.05) is 13.8 Å². The van der Waals surface area contributed by atoms with Crippen LogP contribution in [0.15, 0.2) is 24.3 Å². The molecule has 7 heteroatoms. The Labute approximate surface area is 119 Å². The topological polar surface area (TPSA) is 37.8 Å². The van der Waals surface area contributed by atoms with E-state index >= 15 is 0 Å². The lowest BCUT2D eigenvalue weighted by Crippen LogP contribution is -2.09. The van der Waals surface area contributed by atoms with Gasteiger partial charge in [-0.25, -0.2) is 4.98 Å². The second-order valence-electron chi connectivity index (χ2n) is 4.69. The van der Waals surface area contributed by atoms with Crippen LogP contribution in [0.4, 0.5) is 18.3 Å².